The van der Waals surface area contributed by atoms with Crippen molar-refractivity contribution in [3.05, 3.63) is 45.7 Å². The number of amides is 1. The largest absolute Gasteiger partial charge is 0.302 e. The summed E-state index contributed by atoms with van der Waals surface area (Å²) in [5.41, 5.74) is 3.72. The maximum Gasteiger partial charge on any atom is 0.277 e. The van der Waals surface area contributed by atoms with Gasteiger partial charge in [-0.25, -0.2) is 0 Å². The molecule has 0 spiro atoms. The van der Waals surface area contributed by atoms with Crippen LogP contribution in [0.2, 0.25) is 0 Å². The summed E-state index contributed by atoms with van der Waals surface area (Å²) in [7, 11) is 1.80. The van der Waals surface area contributed by atoms with E-state index in [9.17, 15) is 4.79 Å². The number of hydrogen-bond donors (Lipinski definition) is 0. The Kier molecular flexibility index (Phi) is 2.52. The molecule has 0 atom stereocenters. The number of hydrogen-bond acceptors (Lipinski definition) is 2. The van der Waals surface area contributed by atoms with Crippen molar-refractivity contribution in [2.75, 3.05) is 4.90 Å². The van der Waals surface area contributed by atoms with Crippen molar-refractivity contribution in [1.29, 1.82) is 0 Å². The molecular weight excluding hydrogens is 294 g/mol. The molecule has 0 saturated heterocycles. The van der Waals surface area contributed by atoms with Gasteiger partial charge in [0, 0.05) is 22.8 Å². The van der Waals surface area contributed by atoms with Gasteiger partial charge in [0.15, 0.2) is 0 Å². The molecule has 2 aromatic rings. The van der Waals surface area contributed by atoms with Crippen LogP contribution in [0, 0.1) is 6.92 Å². The lowest BCUT2D eigenvalue weighted by Gasteiger charge is -2.18. The molecule has 2 heterocycles. The van der Waals surface area contributed by atoms with Gasteiger partial charge in [0.05, 0.1) is 12.7 Å². The van der Waals surface area contributed by atoms with E-state index >= 15 is 0 Å². The summed E-state index contributed by atoms with van der Waals surface area (Å²) in [4.78, 5) is 14.2. The summed E-state index contributed by atoms with van der Waals surface area (Å²) in [5, 5.41) is 4.11. The first-order valence-electron chi connectivity index (χ1n) is 5.67. The lowest BCUT2D eigenvalue weighted by molar-refractivity contribution is 0.0988. The fourth-order valence-electron chi connectivity index (χ4n) is 2.36. The minimum absolute atomic E-state index is 0.0235. The zero-order valence-corrected chi connectivity index (χ0v) is 11.7. The highest BCUT2D eigenvalue weighted by Crippen LogP contribution is 2.31. The van der Waals surface area contributed by atoms with E-state index in [0.717, 1.165) is 21.3 Å². The number of carbonyl (C=O) groups excluding carboxylic acids is 1. The number of carbonyl (C=O) groups is 1. The van der Waals surface area contributed by atoms with Crippen LogP contribution in [0.4, 0.5) is 5.69 Å². The Morgan fingerprint density at radius 2 is 2.17 bits per heavy atom. The fourth-order valence-corrected chi connectivity index (χ4v) is 2.84. The molecule has 0 radical (unpaired) electrons. The van der Waals surface area contributed by atoms with Crippen molar-refractivity contribution in [3.8, 4) is 0 Å². The number of fused-ring (bicyclic) bond motifs is 1. The van der Waals surface area contributed by atoms with Gasteiger partial charge >= 0.3 is 0 Å². The Morgan fingerprint density at radius 1 is 1.39 bits per heavy atom. The summed E-state index contributed by atoms with van der Waals surface area (Å²) in [6, 6.07) is 5.94. The molecule has 3 rings (SSSR count). The van der Waals surface area contributed by atoms with Crippen molar-refractivity contribution in [3.63, 3.8) is 0 Å². The Labute approximate surface area is 113 Å². The summed E-state index contributed by atoms with van der Waals surface area (Å²) in [5.74, 6) is 0.0235. The van der Waals surface area contributed by atoms with E-state index in [2.05, 4.69) is 21.0 Å². The van der Waals surface area contributed by atoms with Crippen molar-refractivity contribution < 1.29 is 4.79 Å². The molecule has 0 unspecified atom stereocenters. The number of aryl methyl sites for hydroxylation is 2. The first-order chi connectivity index (χ1) is 8.58. The second kappa shape index (κ2) is 3.95. The molecule has 0 N–H and O–H groups in total. The third-order valence-corrected chi connectivity index (χ3v) is 3.73. The van der Waals surface area contributed by atoms with Gasteiger partial charge in [0.2, 0.25) is 0 Å². The molecule has 0 fully saturated rings. The molecule has 0 aliphatic carbocycles. The van der Waals surface area contributed by atoms with Gasteiger partial charge in [-0.15, -0.1) is 0 Å². The molecule has 1 aliphatic rings. The summed E-state index contributed by atoms with van der Waals surface area (Å²) in [6.45, 7) is 2.61. The highest BCUT2D eigenvalue weighted by molar-refractivity contribution is 9.10. The summed E-state index contributed by atoms with van der Waals surface area (Å²) < 4.78 is 2.67. The maximum atomic E-state index is 12.4. The van der Waals surface area contributed by atoms with Gasteiger partial charge in [0.25, 0.3) is 5.91 Å². The van der Waals surface area contributed by atoms with Gasteiger partial charge < -0.3 is 4.90 Å². The van der Waals surface area contributed by atoms with Crippen molar-refractivity contribution in [2.45, 2.75) is 13.5 Å². The minimum Gasteiger partial charge on any atom is -0.302 e. The van der Waals surface area contributed by atoms with Gasteiger partial charge in [-0.1, -0.05) is 15.9 Å². The average Bonchev–Trinajstić information content (AvgIpc) is 2.82. The second-order valence-corrected chi connectivity index (χ2v) is 5.38. The van der Waals surface area contributed by atoms with Gasteiger partial charge in [-0.05, 0) is 30.7 Å². The van der Waals surface area contributed by atoms with Crippen LogP contribution in [0.15, 0.2) is 28.9 Å². The molecular formula is C13H12BrN3O. The smallest absolute Gasteiger partial charge is 0.277 e. The first-order valence-corrected chi connectivity index (χ1v) is 6.46. The molecule has 18 heavy (non-hydrogen) atoms. The van der Waals surface area contributed by atoms with Crippen LogP contribution in [0.25, 0.3) is 0 Å². The van der Waals surface area contributed by atoms with Crippen LogP contribution in [0.1, 0.15) is 21.6 Å². The Hall–Kier alpha value is -1.62. The van der Waals surface area contributed by atoms with Crippen LogP contribution < -0.4 is 4.90 Å². The van der Waals surface area contributed by atoms with E-state index in [0.29, 0.717) is 12.2 Å². The van der Waals surface area contributed by atoms with Crippen molar-refractivity contribution in [2.24, 2.45) is 7.05 Å². The molecule has 1 amide bonds. The lowest BCUT2D eigenvalue weighted by atomic mass is 10.2. The normalized spacial score (nSPS) is 14.2. The number of aromatic nitrogens is 2. The zero-order valence-electron chi connectivity index (χ0n) is 10.1. The van der Waals surface area contributed by atoms with Gasteiger partial charge in [0.1, 0.15) is 5.69 Å². The molecule has 92 valence electrons. The molecule has 0 saturated carbocycles. The predicted molar refractivity (Wildman–Crippen MR) is 72.6 cm³/mol. The van der Waals surface area contributed by atoms with E-state index in [-0.39, 0.29) is 5.91 Å². The Bertz CT molecular complexity index is 648. The van der Waals surface area contributed by atoms with E-state index < -0.39 is 0 Å². The molecule has 1 aromatic heterocycles. The number of halogens is 1. The first kappa shape index (κ1) is 11.5. The monoisotopic (exact) mass is 305 g/mol. The van der Waals surface area contributed by atoms with E-state index in [1.165, 1.54) is 0 Å². The van der Waals surface area contributed by atoms with Crippen molar-refractivity contribution in [1.82, 2.24) is 9.78 Å². The fraction of sp³-hybridized carbons (Fsp3) is 0.231. The van der Waals surface area contributed by atoms with Gasteiger partial charge in [-0.3, -0.25) is 9.48 Å². The van der Waals surface area contributed by atoms with Crippen LogP contribution in [0.5, 0.6) is 0 Å². The maximum absolute atomic E-state index is 12.4. The molecule has 4 nitrogen and oxygen atoms in total. The third-order valence-electron chi connectivity index (χ3n) is 3.24. The molecule has 1 aromatic carbocycles. The highest BCUT2D eigenvalue weighted by Gasteiger charge is 2.32. The molecule has 1 aliphatic heterocycles. The molecule has 0 bridgehead atoms. The SMILES string of the molecule is Cc1cc(Br)ccc1N1Cc2cnn(C)c2C1=O. The quantitative estimate of drug-likeness (QED) is 0.812. The van der Waals surface area contributed by atoms with Crippen molar-refractivity contribution >= 4 is 27.5 Å². The highest BCUT2D eigenvalue weighted by atomic mass is 79.9. The number of nitrogens with zero attached hydrogens (tertiary/aromatic N) is 3. The van der Waals surface area contributed by atoms with E-state index in [4.69, 9.17) is 0 Å². The van der Waals surface area contributed by atoms with Crippen LogP contribution in [-0.2, 0) is 13.6 Å². The minimum atomic E-state index is 0.0235. The van der Waals surface area contributed by atoms with E-state index in [1.54, 1.807) is 22.8 Å². The van der Waals surface area contributed by atoms with E-state index in [1.807, 2.05) is 25.1 Å². The van der Waals surface area contributed by atoms with Crippen LogP contribution in [0.3, 0.4) is 0 Å². The topological polar surface area (TPSA) is 38.1 Å². The van der Waals surface area contributed by atoms with Gasteiger partial charge in [-0.2, -0.15) is 5.10 Å². The Balaban J connectivity index is 2.04. The Morgan fingerprint density at radius 3 is 2.83 bits per heavy atom. The lowest BCUT2D eigenvalue weighted by Crippen LogP contribution is -2.25. The standard InChI is InChI=1S/C13H12BrN3O/c1-8-5-10(14)3-4-11(8)17-7-9-6-15-16(2)12(9)13(17)18/h3-6H,7H2,1-2H3. The second-order valence-electron chi connectivity index (χ2n) is 4.46. The third kappa shape index (κ3) is 1.58. The van der Waals surface area contributed by atoms with Crippen LogP contribution in [-0.4, -0.2) is 15.7 Å². The number of rotatable bonds is 1. The number of anilines is 1. The average molecular weight is 306 g/mol. The van der Waals surface area contributed by atoms with Crippen LogP contribution >= 0.6 is 15.9 Å². The predicted octanol–water partition coefficient (Wildman–Crippen LogP) is 2.65. The molecule has 5 heteroatoms. The summed E-state index contributed by atoms with van der Waals surface area (Å²) in [6.07, 6.45) is 1.77. The zero-order chi connectivity index (χ0) is 12.9. The summed E-state index contributed by atoms with van der Waals surface area (Å²) >= 11 is 3.43. The number of benzene rings is 1.